The van der Waals surface area contributed by atoms with Crippen molar-refractivity contribution < 1.29 is 13.9 Å². The van der Waals surface area contributed by atoms with Crippen molar-refractivity contribution in [3.8, 4) is 0 Å². The first-order valence-electron chi connectivity index (χ1n) is 7.17. The molecule has 0 aliphatic rings. The van der Waals surface area contributed by atoms with E-state index in [2.05, 4.69) is 17.1 Å². The van der Waals surface area contributed by atoms with Crippen molar-refractivity contribution in [1.82, 2.24) is 14.7 Å². The summed E-state index contributed by atoms with van der Waals surface area (Å²) >= 11 is 0. The molecule has 0 radical (unpaired) electrons. The Morgan fingerprint density at radius 3 is 2.96 bits per heavy atom. The number of nitrogens with zero attached hydrogens (tertiary/aromatic N) is 4. The number of aromatic nitrogens is 3. The van der Waals surface area contributed by atoms with Crippen molar-refractivity contribution in [3.05, 3.63) is 50.6 Å². The molecule has 0 fully saturated rings. The first-order chi connectivity index (χ1) is 11.1. The molecule has 0 unspecified atom stereocenters. The Balaban J connectivity index is 1.90. The molecule has 2 aromatic heterocycles. The van der Waals surface area contributed by atoms with E-state index < -0.39 is 10.7 Å². The van der Waals surface area contributed by atoms with Crippen LogP contribution in [0.25, 0.3) is 11.1 Å². The second kappa shape index (κ2) is 6.03. The lowest BCUT2D eigenvalue weighted by atomic mass is 10.2. The summed E-state index contributed by atoms with van der Waals surface area (Å²) < 4.78 is 11.5. The van der Waals surface area contributed by atoms with E-state index in [1.54, 1.807) is 0 Å². The van der Waals surface area contributed by atoms with Gasteiger partial charge in [0.05, 0.1) is 23.1 Å². The molecule has 9 nitrogen and oxygen atoms in total. The summed E-state index contributed by atoms with van der Waals surface area (Å²) in [6.07, 6.45) is 2.65. The van der Waals surface area contributed by atoms with Crippen LogP contribution in [0.2, 0.25) is 0 Å². The first-order valence-corrected chi connectivity index (χ1v) is 7.17. The third-order valence-electron chi connectivity index (χ3n) is 3.42. The van der Waals surface area contributed by atoms with Gasteiger partial charge in [0.15, 0.2) is 11.4 Å². The van der Waals surface area contributed by atoms with Crippen molar-refractivity contribution in [1.29, 1.82) is 0 Å². The molecule has 0 saturated heterocycles. The zero-order valence-corrected chi connectivity index (χ0v) is 12.4. The Kier molecular flexibility index (Phi) is 3.92. The predicted molar refractivity (Wildman–Crippen MR) is 79.1 cm³/mol. The quantitative estimate of drug-likeness (QED) is 0.505. The van der Waals surface area contributed by atoms with Gasteiger partial charge in [-0.05, 0) is 12.5 Å². The first kappa shape index (κ1) is 14.9. The number of rotatable bonds is 6. The molecule has 0 bridgehead atoms. The molecule has 1 aromatic carbocycles. The van der Waals surface area contributed by atoms with Crippen LogP contribution < -0.4 is 5.76 Å². The van der Waals surface area contributed by atoms with Gasteiger partial charge >= 0.3 is 5.76 Å². The van der Waals surface area contributed by atoms with Gasteiger partial charge in [0.1, 0.15) is 0 Å². The van der Waals surface area contributed by atoms with Gasteiger partial charge in [-0.1, -0.05) is 18.5 Å². The van der Waals surface area contributed by atoms with E-state index in [0.29, 0.717) is 23.7 Å². The Labute approximate surface area is 129 Å². The Bertz CT molecular complexity index is 907. The molecule has 23 heavy (non-hydrogen) atoms. The number of nitro benzene ring substituents is 1. The van der Waals surface area contributed by atoms with Gasteiger partial charge in [-0.15, -0.1) is 0 Å². The molecule has 3 aromatic rings. The van der Waals surface area contributed by atoms with E-state index in [4.69, 9.17) is 8.94 Å². The molecule has 0 aliphatic carbocycles. The minimum atomic E-state index is -0.625. The van der Waals surface area contributed by atoms with Crippen molar-refractivity contribution in [2.24, 2.45) is 0 Å². The van der Waals surface area contributed by atoms with Crippen LogP contribution >= 0.6 is 0 Å². The number of unbranched alkanes of at least 4 members (excludes halogenated alkanes) is 1. The summed E-state index contributed by atoms with van der Waals surface area (Å²) in [7, 11) is 0. The number of oxazole rings is 1. The summed E-state index contributed by atoms with van der Waals surface area (Å²) in [6, 6.07) is 4.00. The maximum absolute atomic E-state index is 11.9. The molecule has 0 atom stereocenters. The van der Waals surface area contributed by atoms with Crippen LogP contribution in [-0.2, 0) is 13.0 Å². The normalized spacial score (nSPS) is 11.2. The lowest BCUT2D eigenvalue weighted by molar-refractivity contribution is -0.384. The highest BCUT2D eigenvalue weighted by Crippen LogP contribution is 2.20. The fourth-order valence-corrected chi connectivity index (χ4v) is 2.24. The molecule has 0 spiro atoms. The standard InChI is InChI=1S/C14H14N4O5/c1-2-3-4-13-15-12(16-23-13)8-17-10-6-5-9(18(20)21)7-11(10)22-14(17)19/h5-7H,2-4,8H2,1H3. The zero-order valence-electron chi connectivity index (χ0n) is 12.4. The predicted octanol–water partition coefficient (Wildman–Crippen LogP) is 2.28. The molecule has 120 valence electrons. The van der Waals surface area contributed by atoms with Crippen molar-refractivity contribution >= 4 is 16.8 Å². The highest BCUT2D eigenvalue weighted by atomic mass is 16.6. The van der Waals surface area contributed by atoms with Crippen LogP contribution in [0.1, 0.15) is 31.5 Å². The minimum Gasteiger partial charge on any atom is -0.407 e. The van der Waals surface area contributed by atoms with Crippen LogP contribution in [0.15, 0.2) is 31.9 Å². The summed E-state index contributed by atoms with van der Waals surface area (Å²) in [5.74, 6) is 0.262. The van der Waals surface area contributed by atoms with Gasteiger partial charge in [0.25, 0.3) is 5.69 Å². The highest BCUT2D eigenvalue weighted by Gasteiger charge is 2.16. The lowest BCUT2D eigenvalue weighted by Crippen LogP contribution is -2.15. The van der Waals surface area contributed by atoms with E-state index in [0.717, 1.165) is 12.8 Å². The van der Waals surface area contributed by atoms with Crippen molar-refractivity contribution in [3.63, 3.8) is 0 Å². The fraction of sp³-hybridized carbons (Fsp3) is 0.357. The molecule has 3 rings (SSSR count). The number of benzene rings is 1. The van der Waals surface area contributed by atoms with Gasteiger partial charge in [0, 0.05) is 12.5 Å². The van der Waals surface area contributed by atoms with E-state index in [1.165, 1.54) is 22.8 Å². The van der Waals surface area contributed by atoms with Crippen LogP contribution in [0.4, 0.5) is 5.69 Å². The minimum absolute atomic E-state index is 0.0826. The Morgan fingerprint density at radius 2 is 2.22 bits per heavy atom. The molecule has 0 saturated carbocycles. The molecular formula is C14H14N4O5. The summed E-state index contributed by atoms with van der Waals surface area (Å²) in [4.78, 5) is 26.4. The molecule has 0 amide bonds. The molecular weight excluding hydrogens is 304 g/mol. The number of hydrogen-bond donors (Lipinski definition) is 0. The van der Waals surface area contributed by atoms with Crippen LogP contribution in [0, 0.1) is 10.1 Å². The average molecular weight is 318 g/mol. The SMILES string of the molecule is CCCCc1nc(Cn2c(=O)oc3cc([N+](=O)[O-])ccc32)no1. The van der Waals surface area contributed by atoms with Gasteiger partial charge in [-0.25, -0.2) is 4.79 Å². The topological polar surface area (TPSA) is 117 Å². The lowest BCUT2D eigenvalue weighted by Gasteiger charge is -1.97. The molecule has 2 heterocycles. The largest absolute Gasteiger partial charge is 0.420 e. The summed E-state index contributed by atoms with van der Waals surface area (Å²) in [5, 5.41) is 14.6. The van der Waals surface area contributed by atoms with E-state index in [-0.39, 0.29) is 17.8 Å². The third kappa shape index (κ3) is 2.98. The van der Waals surface area contributed by atoms with Crippen LogP contribution in [0.3, 0.4) is 0 Å². The van der Waals surface area contributed by atoms with Crippen LogP contribution in [0.5, 0.6) is 0 Å². The second-order valence-corrected chi connectivity index (χ2v) is 5.07. The Hall–Kier alpha value is -2.97. The van der Waals surface area contributed by atoms with Gasteiger partial charge in [-0.3, -0.25) is 14.7 Å². The average Bonchev–Trinajstić information content (AvgIpc) is 3.10. The molecule has 9 heteroatoms. The number of fused-ring (bicyclic) bond motifs is 1. The second-order valence-electron chi connectivity index (χ2n) is 5.07. The van der Waals surface area contributed by atoms with Crippen molar-refractivity contribution in [2.45, 2.75) is 32.7 Å². The highest BCUT2D eigenvalue weighted by molar-refractivity contribution is 5.75. The maximum Gasteiger partial charge on any atom is 0.420 e. The van der Waals surface area contributed by atoms with E-state index >= 15 is 0 Å². The zero-order chi connectivity index (χ0) is 16.4. The maximum atomic E-state index is 11.9. The number of nitro groups is 1. The monoisotopic (exact) mass is 318 g/mol. The smallest absolute Gasteiger partial charge is 0.407 e. The number of aryl methyl sites for hydroxylation is 1. The number of hydrogen-bond acceptors (Lipinski definition) is 7. The summed E-state index contributed by atoms with van der Waals surface area (Å²) in [6.45, 7) is 2.15. The van der Waals surface area contributed by atoms with Crippen LogP contribution in [-0.4, -0.2) is 19.6 Å². The summed E-state index contributed by atoms with van der Waals surface area (Å²) in [5.41, 5.74) is 0.458. The van der Waals surface area contributed by atoms with Crippen molar-refractivity contribution in [2.75, 3.05) is 0 Å². The van der Waals surface area contributed by atoms with E-state index in [9.17, 15) is 14.9 Å². The van der Waals surface area contributed by atoms with Gasteiger partial charge in [-0.2, -0.15) is 4.98 Å². The van der Waals surface area contributed by atoms with E-state index in [1.807, 2.05) is 0 Å². The van der Waals surface area contributed by atoms with Gasteiger partial charge < -0.3 is 8.94 Å². The molecule has 0 aliphatic heterocycles. The number of non-ortho nitro benzene ring substituents is 1. The third-order valence-corrected chi connectivity index (χ3v) is 3.42. The van der Waals surface area contributed by atoms with Gasteiger partial charge in [0.2, 0.25) is 5.89 Å². The molecule has 0 N–H and O–H groups in total. The fourth-order valence-electron chi connectivity index (χ4n) is 2.24. The Morgan fingerprint density at radius 1 is 1.39 bits per heavy atom.